The first kappa shape index (κ1) is 21.5. The normalized spacial score (nSPS) is 12.8. The van der Waals surface area contributed by atoms with Gasteiger partial charge in [-0.25, -0.2) is 8.42 Å². The van der Waals surface area contributed by atoms with Gasteiger partial charge in [0.05, 0.1) is 10.6 Å². The van der Waals surface area contributed by atoms with E-state index in [0.717, 1.165) is 41.2 Å². The van der Waals surface area contributed by atoms with Crippen molar-refractivity contribution < 1.29 is 12.6 Å². The van der Waals surface area contributed by atoms with Crippen LogP contribution in [0.25, 0.3) is 16.9 Å². The van der Waals surface area contributed by atoms with Crippen molar-refractivity contribution in [2.45, 2.75) is 31.6 Å². The first-order chi connectivity index (χ1) is 13.8. The fourth-order valence-corrected chi connectivity index (χ4v) is 5.20. The van der Waals surface area contributed by atoms with E-state index in [9.17, 15) is 12.6 Å². The Hall–Kier alpha value is -2.18. The minimum Gasteiger partial charge on any atom is -0.314 e. The highest BCUT2D eigenvalue weighted by atomic mass is 32.2. The number of benzene rings is 2. The predicted octanol–water partition coefficient (Wildman–Crippen LogP) is 4.56. The van der Waals surface area contributed by atoms with E-state index in [1.807, 2.05) is 37.3 Å². The van der Waals surface area contributed by atoms with Crippen LogP contribution in [0.3, 0.4) is 0 Å². The van der Waals surface area contributed by atoms with Gasteiger partial charge in [0.2, 0.25) is 0 Å². The van der Waals surface area contributed by atoms with Gasteiger partial charge in [0.1, 0.15) is 0 Å². The third-order valence-corrected chi connectivity index (χ3v) is 7.63. The molecule has 0 radical (unpaired) electrons. The number of hydrogen-bond acceptors (Lipinski definition) is 3. The Morgan fingerprint density at radius 2 is 1.62 bits per heavy atom. The van der Waals surface area contributed by atoms with Crippen molar-refractivity contribution in [3.05, 3.63) is 71.9 Å². The van der Waals surface area contributed by atoms with E-state index in [1.54, 1.807) is 12.1 Å². The molecule has 4 nitrogen and oxygen atoms in total. The van der Waals surface area contributed by atoms with Crippen molar-refractivity contribution in [2.75, 3.05) is 17.8 Å². The molecule has 0 amide bonds. The molecule has 1 unspecified atom stereocenters. The van der Waals surface area contributed by atoms with Crippen molar-refractivity contribution >= 4 is 20.6 Å². The van der Waals surface area contributed by atoms with Crippen LogP contribution >= 0.6 is 0 Å². The van der Waals surface area contributed by atoms with E-state index >= 15 is 0 Å². The van der Waals surface area contributed by atoms with Gasteiger partial charge in [-0.05, 0) is 61.2 Å². The molecule has 0 saturated carbocycles. The zero-order valence-electron chi connectivity index (χ0n) is 17.1. The van der Waals surface area contributed by atoms with E-state index < -0.39 is 20.6 Å². The van der Waals surface area contributed by atoms with Gasteiger partial charge in [-0.1, -0.05) is 37.3 Å². The molecule has 29 heavy (non-hydrogen) atoms. The molecule has 0 spiro atoms. The molecular weight excluding hydrogens is 402 g/mol. The van der Waals surface area contributed by atoms with Crippen LogP contribution in [-0.4, -0.2) is 35.0 Å². The Bertz CT molecular complexity index is 1100. The molecule has 0 N–H and O–H groups in total. The number of sulfone groups is 1. The van der Waals surface area contributed by atoms with Crippen molar-refractivity contribution in [1.29, 1.82) is 0 Å². The fourth-order valence-electron chi connectivity index (χ4n) is 3.46. The van der Waals surface area contributed by atoms with Crippen molar-refractivity contribution in [3.63, 3.8) is 0 Å². The van der Waals surface area contributed by atoms with E-state index in [2.05, 4.69) is 29.7 Å². The largest absolute Gasteiger partial charge is 0.314 e. The van der Waals surface area contributed by atoms with Crippen LogP contribution in [0, 0.1) is 6.92 Å². The summed E-state index contributed by atoms with van der Waals surface area (Å²) >= 11 is 0. The lowest BCUT2D eigenvalue weighted by molar-refractivity contribution is 0.602. The lowest BCUT2D eigenvalue weighted by Gasteiger charge is -2.13. The summed E-state index contributed by atoms with van der Waals surface area (Å²) in [4.78, 5) is 0.311. The van der Waals surface area contributed by atoms with Gasteiger partial charge < -0.3 is 4.57 Å². The Labute approximate surface area is 176 Å². The summed E-state index contributed by atoms with van der Waals surface area (Å²) in [7, 11) is -4.04. The molecule has 3 aromatic rings. The smallest absolute Gasteiger partial charge is 0.175 e. The topological polar surface area (TPSA) is 56.1 Å². The zero-order chi connectivity index (χ0) is 21.0. The highest BCUT2D eigenvalue weighted by Gasteiger charge is 2.16. The molecule has 0 bridgehead atoms. The first-order valence-corrected chi connectivity index (χ1v) is 13.1. The van der Waals surface area contributed by atoms with Gasteiger partial charge in [0.25, 0.3) is 0 Å². The zero-order valence-corrected chi connectivity index (χ0v) is 18.7. The third kappa shape index (κ3) is 5.06. The summed E-state index contributed by atoms with van der Waals surface area (Å²) in [6.45, 7) is 4.13. The van der Waals surface area contributed by atoms with E-state index in [-0.39, 0.29) is 0 Å². The summed E-state index contributed by atoms with van der Waals surface area (Å²) in [5.74, 6) is 1.39. The average molecular weight is 430 g/mol. The van der Waals surface area contributed by atoms with Crippen LogP contribution in [0.1, 0.15) is 24.6 Å². The third-order valence-electron chi connectivity index (χ3n) is 4.98. The summed E-state index contributed by atoms with van der Waals surface area (Å²) < 4.78 is 37.9. The highest BCUT2D eigenvalue weighted by Crippen LogP contribution is 2.30. The quantitative estimate of drug-likeness (QED) is 0.528. The van der Waals surface area contributed by atoms with Crippen molar-refractivity contribution in [2.24, 2.45) is 0 Å². The lowest BCUT2D eigenvalue weighted by Crippen LogP contribution is -2.05. The maximum atomic E-state index is 12.1. The highest BCUT2D eigenvalue weighted by molar-refractivity contribution is 7.90. The molecule has 0 aliphatic carbocycles. The molecular formula is C23H27NO3S2. The van der Waals surface area contributed by atoms with Gasteiger partial charge in [0.15, 0.2) is 9.84 Å². The summed E-state index contributed by atoms with van der Waals surface area (Å²) in [5, 5.41) is 0. The van der Waals surface area contributed by atoms with Crippen LogP contribution in [0.4, 0.5) is 0 Å². The van der Waals surface area contributed by atoms with Crippen LogP contribution < -0.4 is 0 Å². The molecule has 1 heterocycles. The second-order valence-corrected chi connectivity index (χ2v) is 10.9. The summed E-state index contributed by atoms with van der Waals surface area (Å²) in [6, 6.07) is 19.2. The Kier molecular flexibility index (Phi) is 6.75. The SMILES string of the molecule is CCCS(=O)CCc1cc(-c2ccc(S(C)(=O)=O)cc2)n(-c2ccccc2)c1C. The lowest BCUT2D eigenvalue weighted by atomic mass is 10.1. The van der Waals surface area contributed by atoms with Gasteiger partial charge >= 0.3 is 0 Å². The number of rotatable bonds is 8. The number of para-hydroxylation sites is 1. The molecule has 154 valence electrons. The Morgan fingerprint density at radius 1 is 0.966 bits per heavy atom. The maximum Gasteiger partial charge on any atom is 0.175 e. The van der Waals surface area contributed by atoms with Gasteiger partial charge in [-0.2, -0.15) is 0 Å². The summed E-state index contributed by atoms with van der Waals surface area (Å²) in [6.07, 6.45) is 2.90. The maximum absolute atomic E-state index is 12.1. The Morgan fingerprint density at radius 3 is 2.21 bits per heavy atom. The van der Waals surface area contributed by atoms with E-state index in [1.165, 1.54) is 11.8 Å². The van der Waals surface area contributed by atoms with Gasteiger partial charge in [-0.15, -0.1) is 0 Å². The molecule has 2 aromatic carbocycles. The van der Waals surface area contributed by atoms with Crippen LogP contribution in [-0.2, 0) is 27.1 Å². The molecule has 6 heteroatoms. The Balaban J connectivity index is 2.05. The first-order valence-electron chi connectivity index (χ1n) is 9.73. The fraction of sp³-hybridized carbons (Fsp3) is 0.304. The molecule has 1 aromatic heterocycles. The minimum absolute atomic E-state index is 0.311. The van der Waals surface area contributed by atoms with Gasteiger partial charge in [-0.3, -0.25) is 4.21 Å². The molecule has 1 atom stereocenters. The monoisotopic (exact) mass is 429 g/mol. The molecule has 3 rings (SSSR count). The second-order valence-electron chi connectivity index (χ2n) is 7.21. The van der Waals surface area contributed by atoms with Crippen molar-refractivity contribution in [3.8, 4) is 16.9 Å². The number of nitrogens with zero attached hydrogens (tertiary/aromatic N) is 1. The van der Waals surface area contributed by atoms with Crippen molar-refractivity contribution in [1.82, 2.24) is 4.57 Å². The number of aromatic nitrogens is 1. The second kappa shape index (κ2) is 9.09. The number of aryl methyl sites for hydroxylation is 1. The average Bonchev–Trinajstić information content (AvgIpc) is 3.03. The van der Waals surface area contributed by atoms with Crippen LogP contribution in [0.15, 0.2) is 65.6 Å². The van der Waals surface area contributed by atoms with E-state index in [4.69, 9.17) is 0 Å². The molecule has 0 aliphatic heterocycles. The number of hydrogen-bond donors (Lipinski definition) is 0. The predicted molar refractivity (Wildman–Crippen MR) is 121 cm³/mol. The minimum atomic E-state index is -3.23. The molecule has 0 aliphatic rings. The standard InChI is InChI=1S/C23H27NO3S2/c1-4-15-28(25)16-14-20-17-23(19-10-12-22(13-11-19)29(3,26)27)24(18(20)2)21-8-6-5-7-9-21/h5-13,17H,4,14-16H2,1-3H3. The molecule has 0 fully saturated rings. The van der Waals surface area contributed by atoms with E-state index in [0.29, 0.717) is 10.6 Å². The molecule has 0 saturated heterocycles. The van der Waals surface area contributed by atoms with Crippen LogP contribution in [0.2, 0.25) is 0 Å². The van der Waals surface area contributed by atoms with Gasteiger partial charge in [0, 0.05) is 39.9 Å². The summed E-state index contributed by atoms with van der Waals surface area (Å²) in [5.41, 5.74) is 5.29. The van der Waals surface area contributed by atoms with Crippen LogP contribution in [0.5, 0.6) is 0 Å².